The van der Waals surface area contributed by atoms with Gasteiger partial charge in [-0.3, -0.25) is 9.69 Å². The van der Waals surface area contributed by atoms with Gasteiger partial charge < -0.3 is 38.3 Å². The lowest BCUT2D eigenvalue weighted by molar-refractivity contribution is -0.238. The first-order valence-corrected chi connectivity index (χ1v) is 20.0. The van der Waals surface area contributed by atoms with Gasteiger partial charge in [-0.05, 0) is 44.4 Å². The molecular weight excluding hydrogens is 717 g/mol. The van der Waals surface area contributed by atoms with E-state index < -0.39 is 17.2 Å². The third-order valence-corrected chi connectivity index (χ3v) is 10.6. The van der Waals surface area contributed by atoms with Crippen LogP contribution in [0.5, 0.6) is 0 Å². The van der Waals surface area contributed by atoms with Gasteiger partial charge in [-0.15, -0.1) is 0 Å². The zero-order valence-electron chi connectivity index (χ0n) is 33.7. The fourth-order valence-corrected chi connectivity index (χ4v) is 8.23. The summed E-state index contributed by atoms with van der Waals surface area (Å²) >= 11 is 0. The standard InChI is InChI=1S/C43H62N3O8P/c1-34(2)46(35(3)4)39(30-44)32-54-55-40(31-45-41(47)33-53-28-27-52-26-25-51-24-23-48-5)29-42(49-6,50-7)43(36-17-11-8-12-18-36,37-19-13-9-14-20-37)38-21-15-10-16-22-38/h8-22,34-35,39-40,55H,23-29,31-33H2,1-7H3,(H,45,47). The average Bonchev–Trinajstić information content (AvgIpc) is 3.20. The van der Waals surface area contributed by atoms with Crippen LogP contribution < -0.4 is 5.32 Å². The quantitative estimate of drug-likeness (QED) is 0.0395. The maximum atomic E-state index is 13.2. The van der Waals surface area contributed by atoms with Crippen molar-refractivity contribution in [3.63, 3.8) is 0 Å². The van der Waals surface area contributed by atoms with Gasteiger partial charge in [0.05, 0.1) is 57.7 Å². The Morgan fingerprint density at radius 3 is 1.60 bits per heavy atom. The van der Waals surface area contributed by atoms with Crippen LogP contribution in [0.4, 0.5) is 0 Å². The van der Waals surface area contributed by atoms with Gasteiger partial charge in [0, 0.05) is 60.8 Å². The van der Waals surface area contributed by atoms with Gasteiger partial charge in [-0.1, -0.05) is 91.0 Å². The molecule has 55 heavy (non-hydrogen) atoms. The topological polar surface area (TPSA) is 121 Å². The second kappa shape index (κ2) is 25.1. The Balaban J connectivity index is 1.92. The molecule has 0 fully saturated rings. The second-order valence-corrected chi connectivity index (χ2v) is 15.0. The predicted molar refractivity (Wildman–Crippen MR) is 217 cm³/mol. The molecule has 1 N–H and O–H groups in total. The zero-order valence-corrected chi connectivity index (χ0v) is 34.7. The Morgan fingerprint density at radius 2 is 1.18 bits per heavy atom. The van der Waals surface area contributed by atoms with Crippen molar-refractivity contribution in [3.05, 3.63) is 108 Å². The van der Waals surface area contributed by atoms with E-state index >= 15 is 0 Å². The summed E-state index contributed by atoms with van der Waals surface area (Å²) < 4.78 is 41.2. The molecule has 0 bridgehead atoms. The van der Waals surface area contributed by atoms with E-state index in [1.807, 2.05) is 54.6 Å². The molecule has 0 aromatic heterocycles. The third-order valence-electron chi connectivity index (χ3n) is 9.51. The summed E-state index contributed by atoms with van der Waals surface area (Å²) in [5.74, 6) is -1.56. The molecule has 3 unspecified atom stereocenters. The molecule has 0 aliphatic heterocycles. The summed E-state index contributed by atoms with van der Waals surface area (Å²) in [5.41, 5.74) is 1.71. The SMILES string of the molecule is COCCOCCOCCOCC(=O)NCC(CC(OC)(OC)C(c1ccccc1)(c1ccccc1)c1ccccc1)POCC(C#N)N(C(C)C)C(C)C. The first kappa shape index (κ1) is 46.1. The molecule has 0 heterocycles. The van der Waals surface area contributed by atoms with E-state index in [-0.39, 0.29) is 58.8 Å². The van der Waals surface area contributed by atoms with Crippen LogP contribution in [0.2, 0.25) is 0 Å². The molecule has 0 radical (unpaired) electrons. The molecule has 0 saturated carbocycles. The number of carbonyl (C=O) groups excluding carboxylic acids is 1. The Morgan fingerprint density at radius 1 is 0.727 bits per heavy atom. The van der Waals surface area contributed by atoms with E-state index in [4.69, 9.17) is 32.9 Å². The maximum absolute atomic E-state index is 13.2. The fraction of sp³-hybridized carbons (Fsp3) is 0.535. The van der Waals surface area contributed by atoms with Crippen molar-refractivity contribution in [2.45, 2.75) is 69.1 Å². The van der Waals surface area contributed by atoms with Crippen LogP contribution in [-0.4, -0.2) is 121 Å². The molecule has 0 saturated heterocycles. The Bertz CT molecular complexity index is 1400. The summed E-state index contributed by atoms with van der Waals surface area (Å²) in [6, 6.07) is 33.0. The van der Waals surface area contributed by atoms with Gasteiger partial charge >= 0.3 is 0 Å². The van der Waals surface area contributed by atoms with Crippen molar-refractivity contribution in [2.24, 2.45) is 0 Å². The number of rotatable bonds is 28. The van der Waals surface area contributed by atoms with Crippen molar-refractivity contribution in [1.29, 1.82) is 5.26 Å². The maximum Gasteiger partial charge on any atom is 0.246 e. The number of amides is 1. The number of nitrogens with one attached hydrogen (secondary N) is 1. The normalized spacial score (nSPS) is 13.5. The van der Waals surface area contributed by atoms with Crippen LogP contribution in [0, 0.1) is 11.3 Å². The zero-order chi connectivity index (χ0) is 39.9. The van der Waals surface area contributed by atoms with E-state index in [1.165, 1.54) is 0 Å². The summed E-state index contributed by atoms with van der Waals surface area (Å²) in [7, 11) is 4.87. The van der Waals surface area contributed by atoms with Gasteiger partial charge in [-0.2, -0.15) is 5.26 Å². The fourth-order valence-electron chi connectivity index (χ4n) is 7.20. The monoisotopic (exact) mass is 779 g/mol. The van der Waals surface area contributed by atoms with Crippen molar-refractivity contribution >= 4 is 14.7 Å². The number of nitrogens with zero attached hydrogens (tertiary/aromatic N) is 2. The van der Waals surface area contributed by atoms with Crippen LogP contribution in [0.1, 0.15) is 50.8 Å². The number of hydrogen-bond donors (Lipinski definition) is 1. The summed E-state index contributed by atoms with van der Waals surface area (Å²) in [5, 5.41) is 13.2. The molecule has 3 aromatic carbocycles. The summed E-state index contributed by atoms with van der Waals surface area (Å²) in [6.45, 7) is 11.2. The molecule has 3 aromatic rings. The average molecular weight is 780 g/mol. The first-order chi connectivity index (χ1) is 26.7. The molecule has 3 atom stereocenters. The smallest absolute Gasteiger partial charge is 0.246 e. The van der Waals surface area contributed by atoms with Crippen LogP contribution in [-0.2, 0) is 43.2 Å². The highest BCUT2D eigenvalue weighted by atomic mass is 31.1. The van der Waals surface area contributed by atoms with Crippen molar-refractivity contribution in [1.82, 2.24) is 10.2 Å². The second-order valence-electron chi connectivity index (χ2n) is 13.7. The van der Waals surface area contributed by atoms with E-state index in [0.717, 1.165) is 16.7 Å². The van der Waals surface area contributed by atoms with Crippen LogP contribution in [0.25, 0.3) is 0 Å². The van der Waals surface area contributed by atoms with Gasteiger partial charge in [-0.25, -0.2) is 0 Å². The van der Waals surface area contributed by atoms with E-state index in [1.54, 1.807) is 21.3 Å². The summed E-state index contributed by atoms with van der Waals surface area (Å²) in [4.78, 5) is 15.3. The molecule has 0 aliphatic carbocycles. The molecule has 0 aliphatic rings. The van der Waals surface area contributed by atoms with Gasteiger partial charge in [0.15, 0.2) is 5.79 Å². The van der Waals surface area contributed by atoms with Gasteiger partial charge in [0.25, 0.3) is 0 Å². The van der Waals surface area contributed by atoms with Gasteiger partial charge in [0.2, 0.25) is 5.91 Å². The minimum absolute atomic E-state index is 0.101. The minimum atomic E-state index is -1.29. The number of benzene rings is 3. The van der Waals surface area contributed by atoms with Crippen LogP contribution in [0.15, 0.2) is 91.0 Å². The lowest BCUT2D eigenvalue weighted by Crippen LogP contribution is -2.58. The van der Waals surface area contributed by atoms with Crippen LogP contribution >= 0.6 is 8.81 Å². The highest BCUT2D eigenvalue weighted by Crippen LogP contribution is 2.52. The third kappa shape index (κ3) is 13.1. The molecule has 0 spiro atoms. The lowest BCUT2D eigenvalue weighted by atomic mass is 9.62. The van der Waals surface area contributed by atoms with E-state index in [2.05, 4.69) is 80.4 Å². The highest BCUT2D eigenvalue weighted by Gasteiger charge is 2.57. The minimum Gasteiger partial charge on any atom is -0.382 e. The molecule has 1 amide bonds. The number of carbonyl (C=O) groups is 1. The largest absolute Gasteiger partial charge is 0.382 e. The number of hydrogen-bond acceptors (Lipinski definition) is 10. The number of methoxy groups -OCH3 is 3. The molecule has 12 heteroatoms. The van der Waals surface area contributed by atoms with E-state index in [0.29, 0.717) is 39.5 Å². The lowest BCUT2D eigenvalue weighted by Gasteiger charge is -2.51. The Hall–Kier alpha value is -3.27. The molecule has 3 rings (SSSR count). The molecule has 302 valence electrons. The predicted octanol–water partition coefficient (Wildman–Crippen LogP) is 6.20. The number of ether oxygens (including phenoxy) is 6. The number of nitriles is 1. The van der Waals surface area contributed by atoms with Crippen molar-refractivity contribution in [3.8, 4) is 6.07 Å². The summed E-state index contributed by atoms with van der Waals surface area (Å²) in [6.07, 6.45) is 0.327. The van der Waals surface area contributed by atoms with Gasteiger partial charge in [0.1, 0.15) is 12.6 Å². The molecule has 11 nitrogen and oxygen atoms in total. The first-order valence-electron chi connectivity index (χ1n) is 19.0. The van der Waals surface area contributed by atoms with E-state index in [9.17, 15) is 10.1 Å². The molecular formula is C43H62N3O8P. The Labute approximate surface area is 330 Å². The van der Waals surface area contributed by atoms with Crippen LogP contribution in [0.3, 0.4) is 0 Å². The Kier molecular flexibility index (Phi) is 21.0. The van der Waals surface area contributed by atoms with Crippen molar-refractivity contribution in [2.75, 3.05) is 80.7 Å². The van der Waals surface area contributed by atoms with Crippen molar-refractivity contribution < 1.29 is 37.7 Å². The highest BCUT2D eigenvalue weighted by molar-refractivity contribution is 7.33.